The molecule has 3 amide bonds. The van der Waals surface area contributed by atoms with Crippen LogP contribution in [0.4, 0.5) is 11.4 Å². The number of nitrogens with zero attached hydrogens (tertiary/aromatic N) is 3. The zero-order valence-corrected chi connectivity index (χ0v) is 22.9. The summed E-state index contributed by atoms with van der Waals surface area (Å²) in [6.07, 6.45) is 5.16. The highest BCUT2D eigenvalue weighted by atomic mass is 16.5. The summed E-state index contributed by atoms with van der Waals surface area (Å²) in [5.41, 5.74) is 2.49. The number of anilines is 2. The highest BCUT2D eigenvalue weighted by Crippen LogP contribution is 2.30. The standard InChI is InChI=1S/C30H40N4O4/c1-4-32(5-2)30(37)26-21-24(31-28(35)22-11-14-25(38-3)15-12-22)13-16-27(26)33-17-8-18-34(20-19-33)29(36)23-9-6-7-10-23/h11-16,21,23H,4-10,17-20H2,1-3H3,(H,31,35). The molecule has 0 unspecified atom stereocenters. The van der Waals surface area contributed by atoms with Gasteiger partial charge in [-0.15, -0.1) is 0 Å². The molecule has 2 aromatic rings. The van der Waals surface area contributed by atoms with Gasteiger partial charge in [0.25, 0.3) is 11.8 Å². The average molecular weight is 521 g/mol. The molecule has 1 saturated heterocycles. The van der Waals surface area contributed by atoms with Crippen molar-refractivity contribution in [2.75, 3.05) is 56.6 Å². The molecular weight excluding hydrogens is 480 g/mol. The number of hydrogen-bond acceptors (Lipinski definition) is 5. The maximum Gasteiger partial charge on any atom is 0.256 e. The van der Waals surface area contributed by atoms with Crippen molar-refractivity contribution in [3.8, 4) is 5.75 Å². The Morgan fingerprint density at radius 1 is 0.921 bits per heavy atom. The minimum absolute atomic E-state index is 0.0614. The molecule has 8 nitrogen and oxygen atoms in total. The molecule has 0 radical (unpaired) electrons. The number of ether oxygens (including phenoxy) is 1. The van der Waals surface area contributed by atoms with Crippen molar-refractivity contribution in [1.82, 2.24) is 9.80 Å². The Bertz CT molecular complexity index is 1120. The summed E-state index contributed by atoms with van der Waals surface area (Å²) in [5, 5.41) is 2.94. The lowest BCUT2D eigenvalue weighted by Gasteiger charge is -2.28. The summed E-state index contributed by atoms with van der Waals surface area (Å²) in [4.78, 5) is 45.5. The highest BCUT2D eigenvalue weighted by molar-refractivity contribution is 6.06. The molecule has 2 fully saturated rings. The number of carbonyl (C=O) groups is 3. The van der Waals surface area contributed by atoms with E-state index in [4.69, 9.17) is 4.74 Å². The fourth-order valence-electron chi connectivity index (χ4n) is 5.50. The van der Waals surface area contributed by atoms with Gasteiger partial charge >= 0.3 is 0 Å². The van der Waals surface area contributed by atoms with Crippen LogP contribution < -0.4 is 15.0 Å². The van der Waals surface area contributed by atoms with Crippen molar-refractivity contribution >= 4 is 29.1 Å². The normalized spacial score (nSPS) is 16.2. The summed E-state index contributed by atoms with van der Waals surface area (Å²) < 4.78 is 5.18. The predicted molar refractivity (Wildman–Crippen MR) is 150 cm³/mol. The van der Waals surface area contributed by atoms with Crippen molar-refractivity contribution < 1.29 is 19.1 Å². The van der Waals surface area contributed by atoms with E-state index in [0.717, 1.165) is 50.9 Å². The van der Waals surface area contributed by atoms with Crippen LogP contribution in [0.25, 0.3) is 0 Å². The Labute approximate surface area is 225 Å². The highest BCUT2D eigenvalue weighted by Gasteiger charge is 2.29. The molecule has 0 bridgehead atoms. The summed E-state index contributed by atoms with van der Waals surface area (Å²) in [6, 6.07) is 12.5. The molecule has 0 spiro atoms. The lowest BCUT2D eigenvalue weighted by atomic mass is 10.1. The Morgan fingerprint density at radius 3 is 2.29 bits per heavy atom. The number of amides is 3. The zero-order valence-electron chi connectivity index (χ0n) is 22.9. The molecule has 1 N–H and O–H groups in total. The van der Waals surface area contributed by atoms with Crippen LogP contribution in [-0.2, 0) is 4.79 Å². The summed E-state index contributed by atoms with van der Waals surface area (Å²) in [6.45, 7) is 7.98. The number of methoxy groups -OCH3 is 1. The monoisotopic (exact) mass is 520 g/mol. The first-order chi connectivity index (χ1) is 18.4. The van der Waals surface area contributed by atoms with Gasteiger partial charge in [0.05, 0.1) is 12.7 Å². The smallest absolute Gasteiger partial charge is 0.256 e. The number of hydrogen-bond donors (Lipinski definition) is 1. The number of benzene rings is 2. The first-order valence-corrected chi connectivity index (χ1v) is 13.9. The summed E-state index contributed by atoms with van der Waals surface area (Å²) in [5.74, 6) is 0.834. The molecule has 0 atom stereocenters. The van der Waals surface area contributed by atoms with E-state index in [9.17, 15) is 14.4 Å². The van der Waals surface area contributed by atoms with Crippen molar-refractivity contribution in [2.24, 2.45) is 5.92 Å². The van der Waals surface area contributed by atoms with Crippen molar-refractivity contribution in [1.29, 1.82) is 0 Å². The van der Waals surface area contributed by atoms with Crippen LogP contribution in [-0.4, -0.2) is 73.9 Å². The maximum absolute atomic E-state index is 13.6. The van der Waals surface area contributed by atoms with E-state index in [1.54, 1.807) is 42.3 Å². The van der Waals surface area contributed by atoms with Gasteiger partial charge in [-0.05, 0) is 75.6 Å². The van der Waals surface area contributed by atoms with Crippen LogP contribution in [0.3, 0.4) is 0 Å². The van der Waals surface area contributed by atoms with Crippen LogP contribution in [0.1, 0.15) is 66.7 Å². The largest absolute Gasteiger partial charge is 0.497 e. The average Bonchev–Trinajstić information content (AvgIpc) is 3.38. The molecule has 4 rings (SSSR count). The van der Waals surface area contributed by atoms with Crippen molar-refractivity contribution in [2.45, 2.75) is 46.0 Å². The molecule has 1 aliphatic heterocycles. The molecule has 8 heteroatoms. The Balaban J connectivity index is 1.55. The van der Waals surface area contributed by atoms with Gasteiger partial charge in [-0.25, -0.2) is 0 Å². The van der Waals surface area contributed by atoms with E-state index >= 15 is 0 Å². The third-order valence-electron chi connectivity index (χ3n) is 7.74. The molecule has 1 heterocycles. The molecule has 1 saturated carbocycles. The van der Waals surface area contributed by atoms with Crippen LogP contribution in [0.15, 0.2) is 42.5 Å². The topological polar surface area (TPSA) is 82.2 Å². The van der Waals surface area contributed by atoms with Gasteiger partial charge in [-0.2, -0.15) is 0 Å². The second kappa shape index (κ2) is 12.8. The van der Waals surface area contributed by atoms with Crippen molar-refractivity contribution in [3.63, 3.8) is 0 Å². The zero-order chi connectivity index (χ0) is 27.1. The molecular formula is C30H40N4O4. The van der Waals surface area contributed by atoms with Crippen molar-refractivity contribution in [3.05, 3.63) is 53.6 Å². The van der Waals surface area contributed by atoms with Crippen LogP contribution >= 0.6 is 0 Å². The molecule has 0 aromatic heterocycles. The Morgan fingerprint density at radius 2 is 1.63 bits per heavy atom. The first kappa shape index (κ1) is 27.5. The van der Waals surface area contributed by atoms with Gasteiger partial charge in [-0.3, -0.25) is 14.4 Å². The number of carbonyl (C=O) groups excluding carboxylic acids is 3. The minimum atomic E-state index is -0.252. The Hall–Kier alpha value is -3.55. The quantitative estimate of drug-likeness (QED) is 0.548. The van der Waals surface area contributed by atoms with E-state index < -0.39 is 0 Å². The number of nitrogens with one attached hydrogen (secondary N) is 1. The number of rotatable bonds is 8. The fraction of sp³-hybridized carbons (Fsp3) is 0.500. The third-order valence-corrected chi connectivity index (χ3v) is 7.74. The van der Waals surface area contributed by atoms with Gasteiger partial charge < -0.3 is 24.8 Å². The lowest BCUT2D eigenvalue weighted by molar-refractivity contribution is -0.135. The van der Waals surface area contributed by atoms with E-state index in [0.29, 0.717) is 54.7 Å². The third kappa shape index (κ3) is 6.29. The molecule has 2 aliphatic rings. The van der Waals surface area contributed by atoms with E-state index in [2.05, 4.69) is 10.2 Å². The molecule has 38 heavy (non-hydrogen) atoms. The second-order valence-corrected chi connectivity index (χ2v) is 10.0. The van der Waals surface area contributed by atoms with E-state index in [1.807, 2.05) is 30.9 Å². The van der Waals surface area contributed by atoms with Gasteiger partial charge in [0.15, 0.2) is 0 Å². The van der Waals surface area contributed by atoms with Crippen LogP contribution in [0.5, 0.6) is 5.75 Å². The lowest BCUT2D eigenvalue weighted by Crippen LogP contribution is -2.38. The second-order valence-electron chi connectivity index (χ2n) is 10.0. The summed E-state index contributed by atoms with van der Waals surface area (Å²) in [7, 11) is 1.58. The van der Waals surface area contributed by atoms with Gasteiger partial charge in [0.2, 0.25) is 5.91 Å². The molecule has 2 aromatic carbocycles. The molecule has 204 valence electrons. The SMILES string of the molecule is CCN(CC)C(=O)c1cc(NC(=O)c2ccc(OC)cc2)ccc1N1CCCN(C(=O)C2CCCC2)CC1. The fourth-order valence-corrected chi connectivity index (χ4v) is 5.50. The van der Waals surface area contributed by atoms with Crippen LogP contribution in [0.2, 0.25) is 0 Å². The predicted octanol–water partition coefficient (Wildman–Crippen LogP) is 4.66. The van der Waals surface area contributed by atoms with E-state index in [-0.39, 0.29) is 17.7 Å². The van der Waals surface area contributed by atoms with Gasteiger partial charge in [0, 0.05) is 62.1 Å². The molecule has 1 aliphatic carbocycles. The first-order valence-electron chi connectivity index (χ1n) is 13.9. The van der Waals surface area contributed by atoms with Gasteiger partial charge in [0.1, 0.15) is 5.75 Å². The van der Waals surface area contributed by atoms with Gasteiger partial charge in [-0.1, -0.05) is 12.8 Å². The Kier molecular flexibility index (Phi) is 9.26. The maximum atomic E-state index is 13.6. The van der Waals surface area contributed by atoms with E-state index in [1.165, 1.54) is 0 Å². The van der Waals surface area contributed by atoms with Crippen LogP contribution in [0, 0.1) is 5.92 Å². The summed E-state index contributed by atoms with van der Waals surface area (Å²) >= 11 is 0. The minimum Gasteiger partial charge on any atom is -0.497 e.